The molecule has 172 valence electrons. The summed E-state index contributed by atoms with van der Waals surface area (Å²) in [7, 11) is 1.63. The van der Waals surface area contributed by atoms with Crippen LogP contribution in [0.1, 0.15) is 59.9 Å². The number of nitrogens with zero attached hydrogens (tertiary/aromatic N) is 1. The van der Waals surface area contributed by atoms with E-state index in [1.54, 1.807) is 13.2 Å². The van der Waals surface area contributed by atoms with Gasteiger partial charge in [-0.15, -0.1) is 0 Å². The molecule has 0 spiro atoms. The number of carbonyl (C=O) groups excluding carboxylic acids is 1. The number of aromatic amines is 2. The van der Waals surface area contributed by atoms with Gasteiger partial charge in [0.15, 0.2) is 11.5 Å². The van der Waals surface area contributed by atoms with Gasteiger partial charge in [0.25, 0.3) is 5.91 Å². The Morgan fingerprint density at radius 1 is 1.12 bits per heavy atom. The second kappa shape index (κ2) is 9.81. The fourth-order valence-electron chi connectivity index (χ4n) is 4.00. The van der Waals surface area contributed by atoms with Crippen molar-refractivity contribution < 1.29 is 14.3 Å². The molecule has 1 atom stereocenters. The molecule has 0 aliphatic rings. The fourth-order valence-corrected chi connectivity index (χ4v) is 4.00. The molecule has 0 bridgehead atoms. The minimum absolute atomic E-state index is 0.0989. The summed E-state index contributed by atoms with van der Waals surface area (Å²) in [6, 6.07) is 15.9. The van der Waals surface area contributed by atoms with Crippen molar-refractivity contribution in [2.75, 3.05) is 20.3 Å². The minimum Gasteiger partial charge on any atom is -0.493 e. The first-order valence-electron chi connectivity index (χ1n) is 11.2. The van der Waals surface area contributed by atoms with E-state index in [-0.39, 0.29) is 17.7 Å². The van der Waals surface area contributed by atoms with E-state index in [0.717, 1.165) is 27.7 Å². The Morgan fingerprint density at radius 3 is 2.67 bits per heavy atom. The van der Waals surface area contributed by atoms with Gasteiger partial charge in [-0.3, -0.25) is 9.89 Å². The maximum absolute atomic E-state index is 12.9. The predicted octanol–water partition coefficient (Wildman–Crippen LogP) is 4.98. The summed E-state index contributed by atoms with van der Waals surface area (Å²) in [5.41, 5.74) is 4.49. The average Bonchev–Trinajstić information content (AvgIpc) is 3.48. The summed E-state index contributed by atoms with van der Waals surface area (Å²) in [4.78, 5) is 16.2. The van der Waals surface area contributed by atoms with Crippen LogP contribution in [0.4, 0.5) is 0 Å². The molecule has 0 aliphatic heterocycles. The number of benzene rings is 2. The number of amides is 1. The molecule has 1 amide bonds. The third-order valence-electron chi connectivity index (χ3n) is 5.81. The molecule has 2 aromatic carbocycles. The SMILES string of the molecule is CCOc1ccc(C(CNC(=O)c2cc(C(C)C)[nH]n2)c2c[nH]c3ccccc23)cc1OC. The number of nitrogens with one attached hydrogen (secondary N) is 3. The monoisotopic (exact) mass is 446 g/mol. The van der Waals surface area contributed by atoms with Crippen LogP contribution in [0.5, 0.6) is 11.5 Å². The van der Waals surface area contributed by atoms with Crippen molar-refractivity contribution in [2.24, 2.45) is 0 Å². The second-order valence-electron chi connectivity index (χ2n) is 8.26. The van der Waals surface area contributed by atoms with Crippen molar-refractivity contribution in [1.82, 2.24) is 20.5 Å². The predicted molar refractivity (Wildman–Crippen MR) is 129 cm³/mol. The van der Waals surface area contributed by atoms with Gasteiger partial charge in [0.2, 0.25) is 0 Å². The van der Waals surface area contributed by atoms with E-state index in [4.69, 9.17) is 9.47 Å². The first kappa shape index (κ1) is 22.5. The number of rotatable bonds is 9. The third kappa shape index (κ3) is 4.72. The zero-order valence-corrected chi connectivity index (χ0v) is 19.4. The molecule has 33 heavy (non-hydrogen) atoms. The molecule has 4 aromatic rings. The molecule has 0 fully saturated rings. The number of hydrogen-bond acceptors (Lipinski definition) is 4. The lowest BCUT2D eigenvalue weighted by Gasteiger charge is -2.20. The number of fused-ring (bicyclic) bond motifs is 1. The lowest BCUT2D eigenvalue weighted by Crippen LogP contribution is -2.29. The van der Waals surface area contributed by atoms with E-state index in [0.29, 0.717) is 30.3 Å². The van der Waals surface area contributed by atoms with E-state index in [2.05, 4.69) is 40.4 Å². The molecule has 2 heterocycles. The molecule has 4 rings (SSSR count). The highest BCUT2D eigenvalue weighted by Crippen LogP contribution is 2.36. The van der Waals surface area contributed by atoms with Crippen LogP contribution in [-0.4, -0.2) is 41.3 Å². The minimum atomic E-state index is -0.208. The van der Waals surface area contributed by atoms with Crippen LogP contribution in [0.15, 0.2) is 54.7 Å². The normalized spacial score (nSPS) is 12.2. The van der Waals surface area contributed by atoms with Crippen LogP contribution >= 0.6 is 0 Å². The number of aromatic nitrogens is 3. The molecule has 7 nitrogen and oxygen atoms in total. The van der Waals surface area contributed by atoms with Crippen molar-refractivity contribution >= 4 is 16.8 Å². The second-order valence-corrected chi connectivity index (χ2v) is 8.26. The summed E-state index contributed by atoms with van der Waals surface area (Å²) in [6.07, 6.45) is 2.01. The highest BCUT2D eigenvalue weighted by atomic mass is 16.5. The molecular weight excluding hydrogens is 416 g/mol. The van der Waals surface area contributed by atoms with Gasteiger partial charge in [-0.1, -0.05) is 38.1 Å². The largest absolute Gasteiger partial charge is 0.493 e. The molecule has 0 radical (unpaired) electrons. The van der Waals surface area contributed by atoms with Crippen molar-refractivity contribution in [2.45, 2.75) is 32.6 Å². The number of hydrogen-bond donors (Lipinski definition) is 3. The highest BCUT2D eigenvalue weighted by Gasteiger charge is 2.22. The Kier molecular flexibility index (Phi) is 6.68. The number of H-pyrrole nitrogens is 2. The molecule has 0 saturated heterocycles. The topological polar surface area (TPSA) is 92.0 Å². The maximum Gasteiger partial charge on any atom is 0.271 e. The molecule has 0 aliphatic carbocycles. The highest BCUT2D eigenvalue weighted by molar-refractivity contribution is 5.92. The number of methoxy groups -OCH3 is 1. The summed E-state index contributed by atoms with van der Waals surface area (Å²) in [5, 5.41) is 11.3. The summed E-state index contributed by atoms with van der Waals surface area (Å²) < 4.78 is 11.3. The van der Waals surface area contributed by atoms with Crippen LogP contribution < -0.4 is 14.8 Å². The van der Waals surface area contributed by atoms with Gasteiger partial charge in [0.1, 0.15) is 5.69 Å². The summed E-state index contributed by atoms with van der Waals surface area (Å²) in [6.45, 7) is 7.02. The van der Waals surface area contributed by atoms with E-state index in [1.807, 2.05) is 49.5 Å². The lowest BCUT2D eigenvalue weighted by atomic mass is 9.90. The Balaban J connectivity index is 1.67. The quantitative estimate of drug-likeness (QED) is 0.338. The molecule has 1 unspecified atom stereocenters. The molecule has 7 heteroatoms. The van der Waals surface area contributed by atoms with Crippen molar-refractivity contribution in [3.63, 3.8) is 0 Å². The van der Waals surface area contributed by atoms with Crippen LogP contribution in [0.2, 0.25) is 0 Å². The summed E-state index contributed by atoms with van der Waals surface area (Å²) >= 11 is 0. The van der Waals surface area contributed by atoms with Crippen molar-refractivity contribution in [1.29, 1.82) is 0 Å². The van der Waals surface area contributed by atoms with Crippen LogP contribution in [0.25, 0.3) is 10.9 Å². The number of para-hydroxylation sites is 1. The van der Waals surface area contributed by atoms with Crippen LogP contribution in [0.3, 0.4) is 0 Å². The molecule has 3 N–H and O–H groups in total. The first-order chi connectivity index (χ1) is 16.0. The van der Waals surface area contributed by atoms with Gasteiger partial charge in [0, 0.05) is 35.3 Å². The van der Waals surface area contributed by atoms with Gasteiger partial charge in [-0.2, -0.15) is 5.10 Å². The Morgan fingerprint density at radius 2 is 1.94 bits per heavy atom. The smallest absolute Gasteiger partial charge is 0.271 e. The van der Waals surface area contributed by atoms with Gasteiger partial charge in [-0.05, 0) is 48.2 Å². The van der Waals surface area contributed by atoms with Crippen LogP contribution in [0, 0.1) is 0 Å². The van der Waals surface area contributed by atoms with E-state index in [1.165, 1.54) is 0 Å². The third-order valence-corrected chi connectivity index (χ3v) is 5.81. The number of carbonyl (C=O) groups is 1. The van der Waals surface area contributed by atoms with Gasteiger partial charge in [-0.25, -0.2) is 0 Å². The maximum atomic E-state index is 12.9. The van der Waals surface area contributed by atoms with E-state index < -0.39 is 0 Å². The lowest BCUT2D eigenvalue weighted by molar-refractivity contribution is 0.0947. The Bertz CT molecular complexity index is 1240. The van der Waals surface area contributed by atoms with Gasteiger partial charge in [0.05, 0.1) is 13.7 Å². The van der Waals surface area contributed by atoms with Gasteiger partial charge >= 0.3 is 0 Å². The van der Waals surface area contributed by atoms with Crippen molar-refractivity contribution in [3.8, 4) is 11.5 Å². The first-order valence-corrected chi connectivity index (χ1v) is 11.2. The summed E-state index contributed by atoms with van der Waals surface area (Å²) in [5.74, 6) is 1.33. The zero-order valence-electron chi connectivity index (χ0n) is 19.4. The molecule has 0 saturated carbocycles. The Labute approximate surface area is 193 Å². The van der Waals surface area contributed by atoms with E-state index in [9.17, 15) is 4.79 Å². The molecule has 2 aromatic heterocycles. The number of ether oxygens (including phenoxy) is 2. The standard InChI is InChI=1S/C26H30N4O3/c1-5-33-24-11-10-17(12-25(24)32-4)19(20-15-27-21-9-7-6-8-18(20)21)14-28-26(31)23-13-22(16(2)3)29-30-23/h6-13,15-16,19,27H,5,14H2,1-4H3,(H,28,31)(H,29,30). The van der Waals surface area contributed by atoms with E-state index >= 15 is 0 Å². The van der Waals surface area contributed by atoms with Crippen LogP contribution in [-0.2, 0) is 0 Å². The van der Waals surface area contributed by atoms with Crippen molar-refractivity contribution in [3.05, 3.63) is 77.2 Å². The van der Waals surface area contributed by atoms with Gasteiger partial charge < -0.3 is 19.8 Å². The Hall–Kier alpha value is -3.74. The average molecular weight is 447 g/mol. The molecular formula is C26H30N4O3. The fraction of sp³-hybridized carbons (Fsp3) is 0.308. The zero-order chi connectivity index (χ0) is 23.4.